The fourth-order valence-electron chi connectivity index (χ4n) is 1.47. The quantitative estimate of drug-likeness (QED) is 0.638. The van der Waals surface area contributed by atoms with E-state index in [0.29, 0.717) is 10.8 Å². The molecule has 1 aromatic carbocycles. The van der Waals surface area contributed by atoms with Gasteiger partial charge in [-0.05, 0) is 26.0 Å². The van der Waals surface area contributed by atoms with Crippen LogP contribution in [0.4, 0.5) is 0 Å². The Morgan fingerprint density at radius 2 is 2.25 bits per heavy atom. The number of carbonyl (C=O) groups excluding carboxylic acids is 1. The van der Waals surface area contributed by atoms with Crippen molar-refractivity contribution < 1.29 is 14.1 Å². The molecule has 5 nitrogen and oxygen atoms in total. The van der Waals surface area contributed by atoms with Gasteiger partial charge in [0.15, 0.2) is 6.61 Å². The molecule has 2 aromatic rings. The zero-order valence-corrected chi connectivity index (χ0v) is 11.8. The molecule has 0 radical (unpaired) electrons. The Labute approximate surface area is 121 Å². The van der Waals surface area contributed by atoms with E-state index in [0.717, 1.165) is 11.1 Å². The predicted octanol–water partition coefficient (Wildman–Crippen LogP) is 3.40. The first kappa shape index (κ1) is 14.3. The van der Waals surface area contributed by atoms with Crippen molar-refractivity contribution in [2.24, 2.45) is 0 Å². The lowest BCUT2D eigenvalue weighted by molar-refractivity contribution is -0.139. The lowest BCUT2D eigenvalue weighted by atomic mass is 10.2. The molecule has 0 bridgehead atoms. The number of allylic oxidation sites excluding steroid dienone is 1. The first-order valence-electron chi connectivity index (χ1n) is 5.95. The molecular weight excluding hydrogens is 280 g/mol. The van der Waals surface area contributed by atoms with E-state index in [1.807, 2.05) is 19.9 Å². The van der Waals surface area contributed by atoms with Crippen LogP contribution in [0.3, 0.4) is 0 Å². The van der Waals surface area contributed by atoms with Crippen molar-refractivity contribution in [3.63, 3.8) is 0 Å². The third-order valence-electron chi connectivity index (χ3n) is 2.30. The Balaban J connectivity index is 2.03. The van der Waals surface area contributed by atoms with E-state index >= 15 is 0 Å². The monoisotopic (exact) mass is 292 g/mol. The summed E-state index contributed by atoms with van der Waals surface area (Å²) in [7, 11) is 0. The molecule has 1 aromatic heterocycles. The number of benzene rings is 1. The zero-order valence-electron chi connectivity index (χ0n) is 11.1. The Bertz CT molecular complexity index is 645. The summed E-state index contributed by atoms with van der Waals surface area (Å²) < 4.78 is 9.99. The molecule has 0 atom stereocenters. The van der Waals surface area contributed by atoms with Gasteiger partial charge < -0.3 is 9.26 Å². The summed E-state index contributed by atoms with van der Waals surface area (Å²) >= 11 is 5.89. The third kappa shape index (κ3) is 3.93. The van der Waals surface area contributed by atoms with Crippen molar-refractivity contribution in [3.8, 4) is 11.4 Å². The van der Waals surface area contributed by atoms with Crippen molar-refractivity contribution in [2.45, 2.75) is 20.5 Å². The predicted molar refractivity (Wildman–Crippen MR) is 74.0 cm³/mol. The van der Waals surface area contributed by atoms with Crippen molar-refractivity contribution >= 4 is 17.6 Å². The number of aromatic nitrogens is 2. The fraction of sp³-hybridized carbons (Fsp3) is 0.214. The number of ether oxygens (including phenoxy) is 1. The molecule has 0 saturated carbocycles. The number of halogens is 1. The highest BCUT2D eigenvalue weighted by molar-refractivity contribution is 6.30. The first-order chi connectivity index (χ1) is 9.54. The molecule has 2 rings (SSSR count). The van der Waals surface area contributed by atoms with Gasteiger partial charge >= 0.3 is 5.97 Å². The fourth-order valence-corrected chi connectivity index (χ4v) is 1.66. The van der Waals surface area contributed by atoms with Crippen molar-refractivity contribution in [3.05, 3.63) is 46.8 Å². The number of carbonyl (C=O) groups is 1. The van der Waals surface area contributed by atoms with Crippen molar-refractivity contribution in [1.82, 2.24) is 10.1 Å². The van der Waals surface area contributed by atoms with Gasteiger partial charge in [-0.2, -0.15) is 4.98 Å². The standard InChI is InChI=1S/C14H13ClN2O3/c1-9(2)6-13(18)19-8-12-16-14(17-20-12)10-4-3-5-11(15)7-10/h3-7H,8H2,1-2H3. The molecule has 1 heterocycles. The van der Waals surface area contributed by atoms with Gasteiger partial charge in [-0.3, -0.25) is 0 Å². The molecule has 0 unspecified atom stereocenters. The Hall–Kier alpha value is -2.14. The van der Waals surface area contributed by atoms with Crippen LogP contribution in [0.5, 0.6) is 0 Å². The Morgan fingerprint density at radius 3 is 2.95 bits per heavy atom. The van der Waals surface area contributed by atoms with Gasteiger partial charge in [-0.25, -0.2) is 4.79 Å². The van der Waals surface area contributed by atoms with Crippen LogP contribution in [0, 0.1) is 0 Å². The summed E-state index contributed by atoms with van der Waals surface area (Å²) in [4.78, 5) is 15.5. The second-order valence-electron chi connectivity index (χ2n) is 4.35. The summed E-state index contributed by atoms with van der Waals surface area (Å²) in [6, 6.07) is 7.09. The summed E-state index contributed by atoms with van der Waals surface area (Å²) in [6.07, 6.45) is 1.40. The van der Waals surface area contributed by atoms with Gasteiger partial charge in [0.05, 0.1) is 0 Å². The molecule has 6 heteroatoms. The van der Waals surface area contributed by atoms with Crippen LogP contribution in [0.1, 0.15) is 19.7 Å². The second-order valence-corrected chi connectivity index (χ2v) is 4.79. The Morgan fingerprint density at radius 1 is 1.45 bits per heavy atom. The maximum absolute atomic E-state index is 11.3. The lowest BCUT2D eigenvalue weighted by Crippen LogP contribution is -2.01. The highest BCUT2D eigenvalue weighted by atomic mass is 35.5. The summed E-state index contributed by atoms with van der Waals surface area (Å²) in [5.74, 6) is 0.198. The average molecular weight is 293 g/mol. The van der Waals surface area contributed by atoms with Crippen molar-refractivity contribution in [1.29, 1.82) is 0 Å². The van der Waals surface area contributed by atoms with E-state index in [2.05, 4.69) is 10.1 Å². The highest BCUT2D eigenvalue weighted by Crippen LogP contribution is 2.20. The van der Waals surface area contributed by atoms with Crippen LogP contribution in [0.2, 0.25) is 5.02 Å². The molecule has 0 saturated heterocycles. The Kier molecular flexibility index (Phi) is 4.53. The maximum atomic E-state index is 11.3. The van der Waals surface area contributed by atoms with Crippen LogP contribution in [0.25, 0.3) is 11.4 Å². The van der Waals surface area contributed by atoms with Crippen LogP contribution in [-0.2, 0) is 16.1 Å². The number of rotatable bonds is 4. The molecule has 0 spiro atoms. The van der Waals surface area contributed by atoms with Crippen molar-refractivity contribution in [2.75, 3.05) is 0 Å². The molecule has 0 aliphatic carbocycles. The number of nitrogens with zero attached hydrogens (tertiary/aromatic N) is 2. The van der Waals surface area contributed by atoms with Gasteiger partial charge in [0.25, 0.3) is 5.89 Å². The van der Waals surface area contributed by atoms with Gasteiger partial charge in [0.2, 0.25) is 5.82 Å². The molecule has 104 valence electrons. The molecular formula is C14H13ClN2O3. The van der Waals surface area contributed by atoms with Gasteiger partial charge in [0.1, 0.15) is 0 Å². The van der Waals surface area contributed by atoms with Crippen LogP contribution >= 0.6 is 11.6 Å². The van der Waals surface area contributed by atoms with E-state index in [4.69, 9.17) is 20.9 Å². The number of hydrogen-bond acceptors (Lipinski definition) is 5. The third-order valence-corrected chi connectivity index (χ3v) is 2.53. The molecule has 20 heavy (non-hydrogen) atoms. The number of hydrogen-bond donors (Lipinski definition) is 0. The molecule has 0 N–H and O–H groups in total. The van der Waals surface area contributed by atoms with Crippen LogP contribution in [0.15, 0.2) is 40.4 Å². The average Bonchev–Trinajstić information content (AvgIpc) is 2.84. The largest absolute Gasteiger partial charge is 0.452 e. The minimum Gasteiger partial charge on any atom is -0.452 e. The molecule has 0 amide bonds. The molecule has 0 aliphatic heterocycles. The first-order valence-corrected chi connectivity index (χ1v) is 6.32. The van der Waals surface area contributed by atoms with Gasteiger partial charge in [-0.15, -0.1) is 0 Å². The smallest absolute Gasteiger partial charge is 0.331 e. The minimum absolute atomic E-state index is 0.0593. The van der Waals surface area contributed by atoms with E-state index in [1.165, 1.54) is 6.08 Å². The van der Waals surface area contributed by atoms with E-state index < -0.39 is 5.97 Å². The normalized spacial score (nSPS) is 10.2. The minimum atomic E-state index is -0.437. The number of esters is 1. The summed E-state index contributed by atoms with van der Waals surface area (Å²) in [6.45, 7) is 3.56. The van der Waals surface area contributed by atoms with Gasteiger partial charge in [-0.1, -0.05) is 34.5 Å². The van der Waals surface area contributed by atoms with Gasteiger partial charge in [0, 0.05) is 16.7 Å². The molecule has 0 aliphatic rings. The molecule has 0 fully saturated rings. The van der Waals surface area contributed by atoms with E-state index in [9.17, 15) is 4.79 Å². The van der Waals surface area contributed by atoms with Crippen LogP contribution in [-0.4, -0.2) is 16.1 Å². The summed E-state index contributed by atoms with van der Waals surface area (Å²) in [5.41, 5.74) is 1.60. The SMILES string of the molecule is CC(C)=CC(=O)OCc1nc(-c2cccc(Cl)c2)no1. The highest BCUT2D eigenvalue weighted by Gasteiger charge is 2.10. The second kappa shape index (κ2) is 6.34. The topological polar surface area (TPSA) is 65.2 Å². The summed E-state index contributed by atoms with van der Waals surface area (Å²) in [5, 5.41) is 4.40. The zero-order chi connectivity index (χ0) is 14.5. The van der Waals surface area contributed by atoms with Crippen LogP contribution < -0.4 is 0 Å². The lowest BCUT2D eigenvalue weighted by Gasteiger charge is -1.97. The van der Waals surface area contributed by atoms with E-state index in [-0.39, 0.29) is 12.5 Å². The van der Waals surface area contributed by atoms with E-state index in [1.54, 1.807) is 18.2 Å². The maximum Gasteiger partial charge on any atom is 0.331 e.